The Hall–Kier alpha value is -3.76. The van der Waals surface area contributed by atoms with Crippen molar-refractivity contribution in [1.82, 2.24) is 20.6 Å². The van der Waals surface area contributed by atoms with Crippen LogP contribution in [-0.4, -0.2) is 37.7 Å². The molecule has 0 amide bonds. The van der Waals surface area contributed by atoms with Crippen molar-refractivity contribution in [2.45, 2.75) is 73.6 Å². The molecule has 0 saturated heterocycles. The minimum absolute atomic E-state index is 0.804. The summed E-state index contributed by atoms with van der Waals surface area (Å²) in [5, 5.41) is 19.3. The summed E-state index contributed by atoms with van der Waals surface area (Å²) in [6, 6.07) is 12.5. The number of allylic oxidation sites excluding steroid dienone is 2. The Bertz CT molecular complexity index is 1420. The van der Waals surface area contributed by atoms with Crippen LogP contribution in [0.25, 0.3) is 22.8 Å². The lowest BCUT2D eigenvalue weighted by Crippen LogP contribution is -2.29. The third kappa shape index (κ3) is 14.3. The van der Waals surface area contributed by atoms with Crippen molar-refractivity contribution < 1.29 is 0 Å². The van der Waals surface area contributed by atoms with E-state index < -0.39 is 0 Å². The second kappa shape index (κ2) is 27.8. The fraction of sp³-hybridized carbons (Fsp3) is 0.385. The van der Waals surface area contributed by atoms with Gasteiger partial charge < -0.3 is 15.6 Å². The van der Waals surface area contributed by atoms with Crippen LogP contribution in [0.3, 0.4) is 0 Å². The summed E-state index contributed by atoms with van der Waals surface area (Å²) in [4.78, 5) is 9.21. The molecule has 3 rings (SSSR count). The fourth-order valence-electron chi connectivity index (χ4n) is 4.50. The SMILES string of the molecule is C=C.C=C/C(CC)=c1/c(CCC/C(CCNC)=C(/C#N)c2ccccc2)c[nH]/c1=C(/C)c1ncc(C=C)s1.CC.CC.CNC. The summed E-state index contributed by atoms with van der Waals surface area (Å²) in [5.74, 6) is 0. The molecule has 0 spiro atoms. The number of aryl methyl sites for hydroxylation is 1. The molecule has 0 atom stereocenters. The van der Waals surface area contributed by atoms with Gasteiger partial charge in [0, 0.05) is 28.1 Å². The van der Waals surface area contributed by atoms with E-state index in [1.165, 1.54) is 21.9 Å². The molecule has 0 fully saturated rings. The van der Waals surface area contributed by atoms with Crippen molar-refractivity contribution in [3.8, 4) is 6.07 Å². The van der Waals surface area contributed by atoms with Crippen molar-refractivity contribution >= 4 is 34.1 Å². The summed E-state index contributed by atoms with van der Waals surface area (Å²) in [5.41, 5.74) is 6.66. The van der Waals surface area contributed by atoms with Gasteiger partial charge in [-0.25, -0.2) is 4.98 Å². The smallest absolute Gasteiger partial charge is 0.121 e. The van der Waals surface area contributed by atoms with Crippen molar-refractivity contribution in [2.75, 3.05) is 27.7 Å². The summed E-state index contributed by atoms with van der Waals surface area (Å²) >= 11 is 1.65. The second-order valence-corrected chi connectivity index (χ2v) is 10.3. The van der Waals surface area contributed by atoms with Crippen LogP contribution in [0.1, 0.15) is 88.2 Å². The Morgan fingerprint density at radius 2 is 1.67 bits per heavy atom. The Morgan fingerprint density at radius 1 is 1.04 bits per heavy atom. The number of benzene rings is 1. The average Bonchev–Trinajstić information content (AvgIpc) is 3.76. The van der Waals surface area contributed by atoms with E-state index in [4.69, 9.17) is 0 Å². The molecular weight excluding hydrogens is 571 g/mol. The molecule has 2 heterocycles. The van der Waals surface area contributed by atoms with Crippen molar-refractivity contribution in [1.29, 1.82) is 5.26 Å². The number of nitrogens with one attached hydrogen (secondary N) is 3. The summed E-state index contributed by atoms with van der Waals surface area (Å²) in [7, 11) is 5.70. The lowest BCUT2D eigenvalue weighted by Gasteiger charge is -2.11. The van der Waals surface area contributed by atoms with Crippen LogP contribution in [-0.2, 0) is 6.42 Å². The van der Waals surface area contributed by atoms with Gasteiger partial charge in [0.1, 0.15) is 5.01 Å². The van der Waals surface area contributed by atoms with Crippen LogP contribution < -0.4 is 21.2 Å². The number of nitrogens with zero attached hydrogens (tertiary/aromatic N) is 2. The highest BCUT2D eigenvalue weighted by molar-refractivity contribution is 7.13. The predicted octanol–water partition coefficient (Wildman–Crippen LogP) is 8.68. The van der Waals surface area contributed by atoms with Crippen LogP contribution >= 0.6 is 11.3 Å². The molecule has 0 aliphatic heterocycles. The van der Waals surface area contributed by atoms with Crippen molar-refractivity contribution in [3.63, 3.8) is 0 Å². The molecule has 0 saturated carbocycles. The minimum atomic E-state index is 0.804. The quantitative estimate of drug-likeness (QED) is 0.138. The molecular formula is C39H59N5S. The number of hydrogen-bond acceptors (Lipinski definition) is 5. The average molecular weight is 630 g/mol. The zero-order valence-corrected chi connectivity index (χ0v) is 30.4. The largest absolute Gasteiger partial charge is 0.361 e. The topological polar surface area (TPSA) is 76.5 Å². The Balaban J connectivity index is 0. The lowest BCUT2D eigenvalue weighted by molar-refractivity contribution is 0.728. The third-order valence-electron chi connectivity index (χ3n) is 6.46. The maximum Gasteiger partial charge on any atom is 0.121 e. The summed E-state index contributed by atoms with van der Waals surface area (Å²) < 4.78 is 0. The number of hydrogen-bond donors (Lipinski definition) is 3. The number of H-pyrrole nitrogens is 1. The molecule has 2 aromatic heterocycles. The molecule has 0 radical (unpaired) electrons. The van der Waals surface area contributed by atoms with E-state index in [2.05, 4.69) is 73.0 Å². The Labute approximate surface area is 278 Å². The number of aromatic nitrogens is 2. The Morgan fingerprint density at radius 3 is 2.16 bits per heavy atom. The standard InChI is InChI=1S/C31H36N4S.C2H7N.2C2H6.C2H4/c1-6-23(7-2)29-26(20-34-30(29)22(4)31-35-21-27(8-3)36-31)16-12-15-25(17-18-33-5)28(19-32)24-13-10-9-11-14-24;1-3-2;3*1-2/h6,8-11,13-14,20-21,33-34H,1,3,7,12,15-18H2,2,4-5H3;3H,1-2H3;2*1-2H3;1-2H2/b28-25+,29-23+,30-22-;;;;. The predicted molar refractivity (Wildman–Crippen MR) is 204 cm³/mol. The normalized spacial score (nSPS) is 11.6. The number of thiazole rings is 1. The van der Waals surface area contributed by atoms with E-state index in [0.29, 0.717) is 0 Å². The molecule has 5 nitrogen and oxygen atoms in total. The summed E-state index contributed by atoms with van der Waals surface area (Å²) in [6.45, 7) is 27.1. The van der Waals surface area contributed by atoms with Crippen molar-refractivity contribution in [2.24, 2.45) is 0 Å². The van der Waals surface area contributed by atoms with Crippen LogP contribution in [0.15, 0.2) is 80.7 Å². The van der Waals surface area contributed by atoms with Gasteiger partial charge in [0.05, 0.1) is 17.0 Å². The van der Waals surface area contributed by atoms with Crippen molar-refractivity contribution in [3.05, 3.63) is 112 Å². The first-order valence-corrected chi connectivity index (χ1v) is 16.8. The fourth-order valence-corrected chi connectivity index (χ4v) is 5.28. The van der Waals surface area contributed by atoms with Gasteiger partial charge >= 0.3 is 0 Å². The first-order chi connectivity index (χ1) is 22.0. The number of aromatic amines is 1. The van der Waals surface area contributed by atoms with E-state index in [-0.39, 0.29) is 0 Å². The molecule has 0 unspecified atom stereocenters. The van der Waals surface area contributed by atoms with Crippen LogP contribution in [0.2, 0.25) is 0 Å². The molecule has 246 valence electrons. The highest BCUT2D eigenvalue weighted by Gasteiger charge is 2.12. The first kappa shape index (κ1) is 43.4. The van der Waals surface area contributed by atoms with Gasteiger partial charge in [-0.2, -0.15) is 5.26 Å². The maximum absolute atomic E-state index is 9.98. The monoisotopic (exact) mass is 629 g/mol. The molecule has 0 aliphatic carbocycles. The molecule has 0 bridgehead atoms. The zero-order valence-electron chi connectivity index (χ0n) is 29.6. The molecule has 45 heavy (non-hydrogen) atoms. The zero-order chi connectivity index (χ0) is 34.6. The lowest BCUT2D eigenvalue weighted by atomic mass is 9.93. The number of rotatable bonds is 12. The van der Waals surface area contributed by atoms with Gasteiger partial charge in [-0.15, -0.1) is 24.5 Å². The van der Waals surface area contributed by atoms with E-state index in [9.17, 15) is 5.26 Å². The van der Waals surface area contributed by atoms with Gasteiger partial charge in [-0.1, -0.05) is 95.8 Å². The van der Waals surface area contributed by atoms with Gasteiger partial charge in [-0.05, 0) is 83.4 Å². The first-order valence-electron chi connectivity index (χ1n) is 16.0. The Kier molecular flexibility index (Phi) is 26.8. The van der Waals surface area contributed by atoms with E-state index >= 15 is 0 Å². The van der Waals surface area contributed by atoms with Crippen LogP contribution in [0, 0.1) is 11.3 Å². The second-order valence-electron chi connectivity index (χ2n) is 9.21. The maximum atomic E-state index is 9.98. The minimum Gasteiger partial charge on any atom is -0.361 e. The highest BCUT2D eigenvalue weighted by atomic mass is 32.1. The van der Waals surface area contributed by atoms with Gasteiger partial charge in [-0.3, -0.25) is 0 Å². The number of nitriles is 1. The van der Waals surface area contributed by atoms with E-state index in [1.807, 2.05) is 97.5 Å². The van der Waals surface area contributed by atoms with Gasteiger partial charge in [0.25, 0.3) is 0 Å². The van der Waals surface area contributed by atoms with E-state index in [0.717, 1.165) is 70.6 Å². The van der Waals surface area contributed by atoms with Gasteiger partial charge in [0.15, 0.2) is 0 Å². The van der Waals surface area contributed by atoms with Crippen LogP contribution in [0.4, 0.5) is 0 Å². The molecule has 3 aromatic rings. The highest BCUT2D eigenvalue weighted by Crippen LogP contribution is 2.24. The third-order valence-corrected chi connectivity index (χ3v) is 7.57. The molecule has 0 aliphatic rings. The molecule has 3 N–H and O–H groups in total. The van der Waals surface area contributed by atoms with E-state index in [1.54, 1.807) is 11.3 Å². The van der Waals surface area contributed by atoms with Crippen LogP contribution in [0.5, 0.6) is 0 Å². The molecule has 1 aromatic carbocycles. The summed E-state index contributed by atoms with van der Waals surface area (Å²) in [6.07, 6.45) is 12.4. The molecule has 6 heteroatoms. The van der Waals surface area contributed by atoms with Gasteiger partial charge in [0.2, 0.25) is 0 Å².